The highest BCUT2D eigenvalue weighted by molar-refractivity contribution is 6.32. The van der Waals surface area contributed by atoms with Crippen LogP contribution in [-0.2, 0) is 9.53 Å². The van der Waals surface area contributed by atoms with Crippen LogP contribution in [0, 0.1) is 6.92 Å². The molecule has 21 heavy (non-hydrogen) atoms. The van der Waals surface area contributed by atoms with Crippen molar-refractivity contribution in [2.24, 2.45) is 0 Å². The second kappa shape index (κ2) is 6.67. The first-order valence-corrected chi connectivity index (χ1v) is 7.61. The van der Waals surface area contributed by atoms with Gasteiger partial charge >= 0.3 is 0 Å². The summed E-state index contributed by atoms with van der Waals surface area (Å²) in [5.41, 5.74) is 1.04. The number of carbonyl (C=O) groups is 1. The number of morpholine rings is 1. The van der Waals surface area contributed by atoms with Gasteiger partial charge in [-0.15, -0.1) is 0 Å². The molecule has 4 nitrogen and oxygen atoms in total. The van der Waals surface area contributed by atoms with Crippen LogP contribution in [0.2, 0.25) is 5.02 Å². The smallest absolute Gasteiger partial charge is 0.263 e. The van der Waals surface area contributed by atoms with Gasteiger partial charge in [-0.3, -0.25) is 4.79 Å². The largest absolute Gasteiger partial charge is 0.479 e. The quantitative estimate of drug-likeness (QED) is 0.861. The molecule has 0 aromatic heterocycles. The van der Waals surface area contributed by atoms with Gasteiger partial charge < -0.3 is 14.4 Å². The number of aryl methyl sites for hydroxylation is 1. The molecule has 0 bridgehead atoms. The minimum Gasteiger partial charge on any atom is -0.479 e. The van der Waals surface area contributed by atoms with Crippen molar-refractivity contribution in [2.75, 3.05) is 13.1 Å². The van der Waals surface area contributed by atoms with Crippen molar-refractivity contribution in [3.63, 3.8) is 0 Å². The maximum atomic E-state index is 12.5. The van der Waals surface area contributed by atoms with Gasteiger partial charge in [0.05, 0.1) is 17.2 Å². The van der Waals surface area contributed by atoms with Crippen molar-refractivity contribution < 1.29 is 14.3 Å². The topological polar surface area (TPSA) is 38.8 Å². The Balaban J connectivity index is 2.04. The van der Waals surface area contributed by atoms with E-state index in [0.29, 0.717) is 23.9 Å². The summed E-state index contributed by atoms with van der Waals surface area (Å²) in [5, 5.41) is 0.518. The van der Waals surface area contributed by atoms with Crippen molar-refractivity contribution in [3.8, 4) is 5.75 Å². The molecule has 3 atom stereocenters. The number of carbonyl (C=O) groups excluding carboxylic acids is 1. The molecule has 2 rings (SSSR count). The summed E-state index contributed by atoms with van der Waals surface area (Å²) in [6.45, 7) is 8.85. The lowest BCUT2D eigenvalue weighted by molar-refractivity contribution is -0.149. The Bertz CT molecular complexity index is 510. The van der Waals surface area contributed by atoms with E-state index in [2.05, 4.69) is 0 Å². The summed E-state index contributed by atoms with van der Waals surface area (Å²) in [6.07, 6.45) is -0.471. The van der Waals surface area contributed by atoms with Crippen molar-refractivity contribution >= 4 is 17.5 Å². The summed E-state index contributed by atoms with van der Waals surface area (Å²) in [5.74, 6) is 0.515. The van der Waals surface area contributed by atoms with E-state index in [1.165, 1.54) is 0 Å². The minimum atomic E-state index is -0.568. The molecular formula is C16H22ClNO3. The zero-order chi connectivity index (χ0) is 15.6. The highest BCUT2D eigenvalue weighted by atomic mass is 35.5. The van der Waals surface area contributed by atoms with Crippen LogP contribution in [0.4, 0.5) is 0 Å². The van der Waals surface area contributed by atoms with Gasteiger partial charge in [-0.1, -0.05) is 17.7 Å². The van der Waals surface area contributed by atoms with Crippen LogP contribution in [0.1, 0.15) is 26.3 Å². The Morgan fingerprint density at radius 3 is 2.62 bits per heavy atom. The first-order chi connectivity index (χ1) is 9.86. The highest BCUT2D eigenvalue weighted by Crippen LogP contribution is 2.26. The van der Waals surface area contributed by atoms with Gasteiger partial charge in [-0.2, -0.15) is 0 Å². The van der Waals surface area contributed by atoms with Crippen molar-refractivity contribution in [1.82, 2.24) is 4.90 Å². The van der Waals surface area contributed by atoms with E-state index in [9.17, 15) is 4.79 Å². The lowest BCUT2D eigenvalue weighted by Crippen LogP contribution is -2.51. The molecule has 1 aliphatic rings. The second-order valence-electron chi connectivity index (χ2n) is 5.69. The molecule has 1 fully saturated rings. The number of halogens is 1. The van der Waals surface area contributed by atoms with Crippen LogP contribution in [0.3, 0.4) is 0 Å². The molecule has 0 aliphatic carbocycles. The van der Waals surface area contributed by atoms with Crippen LogP contribution in [0.15, 0.2) is 18.2 Å². The summed E-state index contributed by atoms with van der Waals surface area (Å²) < 4.78 is 11.4. The molecule has 116 valence electrons. The number of hydrogen-bond donors (Lipinski definition) is 0. The predicted molar refractivity (Wildman–Crippen MR) is 82.9 cm³/mol. The molecule has 5 heteroatoms. The van der Waals surface area contributed by atoms with Crippen molar-refractivity contribution in [3.05, 3.63) is 28.8 Å². The number of amides is 1. The van der Waals surface area contributed by atoms with E-state index >= 15 is 0 Å². The van der Waals surface area contributed by atoms with E-state index < -0.39 is 6.10 Å². The molecule has 1 aromatic rings. The number of ether oxygens (including phenoxy) is 2. The first-order valence-electron chi connectivity index (χ1n) is 7.24. The third-order valence-corrected chi connectivity index (χ3v) is 3.78. The van der Waals surface area contributed by atoms with E-state index in [-0.39, 0.29) is 18.1 Å². The van der Waals surface area contributed by atoms with E-state index in [1.54, 1.807) is 17.9 Å². The zero-order valence-corrected chi connectivity index (χ0v) is 13.7. The SMILES string of the molecule is Cc1ccc(Cl)c(O[C@@H](C)C(=O)N2C[C@H](C)O[C@@H](C)C2)c1. The molecular weight excluding hydrogens is 290 g/mol. The molecule has 0 N–H and O–H groups in total. The molecule has 0 radical (unpaired) electrons. The van der Waals surface area contributed by atoms with Gasteiger partial charge in [0.25, 0.3) is 5.91 Å². The Kier molecular flexibility index (Phi) is 5.12. The fraction of sp³-hybridized carbons (Fsp3) is 0.562. The summed E-state index contributed by atoms with van der Waals surface area (Å²) in [7, 11) is 0. The van der Waals surface area contributed by atoms with Gasteiger partial charge in [0.2, 0.25) is 0 Å². The molecule has 1 aromatic carbocycles. The van der Waals surface area contributed by atoms with Crippen LogP contribution in [0.5, 0.6) is 5.75 Å². The lowest BCUT2D eigenvalue weighted by Gasteiger charge is -2.36. The zero-order valence-electron chi connectivity index (χ0n) is 12.9. The maximum Gasteiger partial charge on any atom is 0.263 e. The average Bonchev–Trinajstić information content (AvgIpc) is 2.41. The fourth-order valence-corrected chi connectivity index (χ4v) is 2.72. The third-order valence-electron chi connectivity index (χ3n) is 3.47. The molecule has 1 amide bonds. The summed E-state index contributed by atoms with van der Waals surface area (Å²) >= 11 is 6.11. The third kappa shape index (κ3) is 4.11. The Labute approximate surface area is 131 Å². The second-order valence-corrected chi connectivity index (χ2v) is 6.10. The Morgan fingerprint density at radius 1 is 1.38 bits per heavy atom. The number of hydrogen-bond acceptors (Lipinski definition) is 3. The fourth-order valence-electron chi connectivity index (χ4n) is 2.56. The van der Waals surface area contributed by atoms with Crippen LogP contribution >= 0.6 is 11.6 Å². The van der Waals surface area contributed by atoms with E-state index in [1.807, 2.05) is 32.9 Å². The Morgan fingerprint density at radius 2 is 2.00 bits per heavy atom. The van der Waals surface area contributed by atoms with Crippen LogP contribution in [0.25, 0.3) is 0 Å². The van der Waals surface area contributed by atoms with Crippen molar-refractivity contribution in [1.29, 1.82) is 0 Å². The van der Waals surface area contributed by atoms with E-state index in [0.717, 1.165) is 5.56 Å². The molecule has 0 unspecified atom stereocenters. The van der Waals surface area contributed by atoms with Gasteiger partial charge in [-0.05, 0) is 45.4 Å². The maximum absolute atomic E-state index is 12.5. The number of rotatable bonds is 3. The number of nitrogens with zero attached hydrogens (tertiary/aromatic N) is 1. The van der Waals surface area contributed by atoms with Crippen LogP contribution in [-0.4, -0.2) is 42.2 Å². The van der Waals surface area contributed by atoms with E-state index in [4.69, 9.17) is 21.1 Å². The minimum absolute atomic E-state index is 0.0328. The summed E-state index contributed by atoms with van der Waals surface area (Å²) in [6, 6.07) is 5.53. The monoisotopic (exact) mass is 311 g/mol. The highest BCUT2D eigenvalue weighted by Gasteiger charge is 2.29. The normalized spacial score (nSPS) is 23.8. The molecule has 0 spiro atoms. The molecule has 1 aliphatic heterocycles. The van der Waals surface area contributed by atoms with Gasteiger partial charge in [0.1, 0.15) is 5.75 Å². The van der Waals surface area contributed by atoms with Gasteiger partial charge in [0, 0.05) is 13.1 Å². The van der Waals surface area contributed by atoms with Crippen molar-refractivity contribution in [2.45, 2.75) is 46.0 Å². The number of benzene rings is 1. The molecule has 1 saturated heterocycles. The van der Waals surface area contributed by atoms with Gasteiger partial charge in [-0.25, -0.2) is 0 Å². The first kappa shape index (κ1) is 16.1. The van der Waals surface area contributed by atoms with Crippen LogP contribution < -0.4 is 4.74 Å². The summed E-state index contributed by atoms with van der Waals surface area (Å²) in [4.78, 5) is 14.3. The Hall–Kier alpha value is -1.26. The molecule has 1 heterocycles. The average molecular weight is 312 g/mol. The molecule has 0 saturated carbocycles. The standard InChI is InChI=1S/C16H22ClNO3/c1-10-5-6-14(17)15(7-10)21-13(4)16(19)18-8-11(2)20-12(3)9-18/h5-7,11-13H,8-9H2,1-4H3/t11-,12-,13-/m0/s1. The van der Waals surface area contributed by atoms with Gasteiger partial charge in [0.15, 0.2) is 6.10 Å². The lowest BCUT2D eigenvalue weighted by atomic mass is 10.2. The predicted octanol–water partition coefficient (Wildman–Crippen LogP) is 3.05.